The van der Waals surface area contributed by atoms with Gasteiger partial charge in [0.2, 0.25) is 0 Å². The number of rotatable bonds is 4. The Morgan fingerprint density at radius 2 is 2.00 bits per heavy atom. The number of ketones is 1. The van der Waals surface area contributed by atoms with Gasteiger partial charge in [-0.25, -0.2) is 0 Å². The van der Waals surface area contributed by atoms with Gasteiger partial charge in [0.05, 0.1) is 5.02 Å². The molecule has 1 aliphatic carbocycles. The van der Waals surface area contributed by atoms with Crippen molar-refractivity contribution in [3.8, 4) is 0 Å². The van der Waals surface area contributed by atoms with Crippen LogP contribution in [0.5, 0.6) is 0 Å². The number of carbonyl (C=O) groups is 1. The Labute approximate surface area is 133 Å². The van der Waals surface area contributed by atoms with Crippen LogP contribution >= 0.6 is 27.5 Å². The van der Waals surface area contributed by atoms with Crippen molar-refractivity contribution in [2.24, 2.45) is 11.8 Å². The molecule has 2 unspecified atom stereocenters. The van der Waals surface area contributed by atoms with E-state index in [0.717, 1.165) is 22.9 Å². The summed E-state index contributed by atoms with van der Waals surface area (Å²) in [6.45, 7) is 3.25. The zero-order valence-corrected chi connectivity index (χ0v) is 13.8. The first-order chi connectivity index (χ1) is 9.63. The Kier molecular flexibility index (Phi) is 4.49. The lowest BCUT2D eigenvalue weighted by molar-refractivity contribution is 0.0967. The van der Waals surface area contributed by atoms with Crippen LogP contribution in [-0.4, -0.2) is 30.3 Å². The molecule has 0 aromatic heterocycles. The van der Waals surface area contributed by atoms with Crippen LogP contribution in [0.25, 0.3) is 0 Å². The summed E-state index contributed by atoms with van der Waals surface area (Å²) in [5.74, 6) is 1.93. The number of carbonyl (C=O) groups excluding carboxylic acids is 1. The van der Waals surface area contributed by atoms with Crippen molar-refractivity contribution < 1.29 is 4.79 Å². The number of hydrogen-bond acceptors (Lipinski definition) is 2. The van der Waals surface area contributed by atoms with Crippen LogP contribution in [0.3, 0.4) is 0 Å². The number of nitrogens with zero attached hydrogens (tertiary/aromatic N) is 1. The van der Waals surface area contributed by atoms with Crippen molar-refractivity contribution in [2.75, 3.05) is 19.6 Å². The fraction of sp³-hybridized carbons (Fsp3) is 0.562. The molecule has 1 saturated heterocycles. The predicted molar refractivity (Wildman–Crippen MR) is 85.4 cm³/mol. The highest BCUT2D eigenvalue weighted by Gasteiger charge is 2.35. The molecule has 2 atom stereocenters. The molecule has 3 rings (SSSR count). The Bertz CT molecular complexity index is 507. The van der Waals surface area contributed by atoms with E-state index in [1.165, 1.54) is 32.4 Å². The van der Waals surface area contributed by atoms with Gasteiger partial charge in [0.15, 0.2) is 5.78 Å². The molecule has 1 saturated carbocycles. The van der Waals surface area contributed by atoms with Crippen molar-refractivity contribution >= 4 is 33.3 Å². The summed E-state index contributed by atoms with van der Waals surface area (Å²) in [4.78, 5) is 14.7. The fourth-order valence-corrected chi connectivity index (χ4v) is 4.40. The normalized spacial score (nSPS) is 25.9. The summed E-state index contributed by atoms with van der Waals surface area (Å²) in [5.41, 5.74) is 0.647. The minimum absolute atomic E-state index is 0.152. The monoisotopic (exact) mass is 355 g/mol. The predicted octanol–water partition coefficient (Wildman–Crippen LogP) is 4.41. The van der Waals surface area contributed by atoms with Crippen molar-refractivity contribution in [3.05, 3.63) is 33.3 Å². The van der Waals surface area contributed by atoms with Crippen LogP contribution in [0.2, 0.25) is 5.02 Å². The first kappa shape index (κ1) is 14.6. The average molecular weight is 357 g/mol. The van der Waals surface area contributed by atoms with Crippen LogP contribution in [-0.2, 0) is 0 Å². The van der Waals surface area contributed by atoms with Gasteiger partial charge < -0.3 is 4.90 Å². The summed E-state index contributed by atoms with van der Waals surface area (Å²) >= 11 is 9.50. The molecule has 0 spiro atoms. The largest absolute Gasteiger partial charge is 0.302 e. The van der Waals surface area contributed by atoms with Crippen molar-refractivity contribution in [1.29, 1.82) is 0 Å². The van der Waals surface area contributed by atoms with E-state index in [4.69, 9.17) is 11.6 Å². The van der Waals surface area contributed by atoms with Gasteiger partial charge in [0.1, 0.15) is 0 Å². The SMILES string of the molecule is O=C(CCN1CC2CCCC2C1)c1ccc(Br)cc1Cl. The number of hydrogen-bond donors (Lipinski definition) is 0. The molecule has 0 radical (unpaired) electrons. The third kappa shape index (κ3) is 3.10. The van der Waals surface area contributed by atoms with Gasteiger partial charge >= 0.3 is 0 Å². The molecule has 1 heterocycles. The molecule has 20 heavy (non-hydrogen) atoms. The van der Waals surface area contributed by atoms with Gasteiger partial charge in [-0.2, -0.15) is 0 Å². The highest BCUT2D eigenvalue weighted by Crippen LogP contribution is 2.37. The first-order valence-corrected chi connectivity index (χ1v) is 8.51. The fourth-order valence-electron chi connectivity index (χ4n) is 3.62. The van der Waals surface area contributed by atoms with Crippen LogP contribution in [0.1, 0.15) is 36.0 Å². The summed E-state index contributed by atoms with van der Waals surface area (Å²) in [5, 5.41) is 0.544. The Morgan fingerprint density at radius 3 is 2.65 bits per heavy atom. The molecule has 0 N–H and O–H groups in total. The van der Waals surface area contributed by atoms with Gasteiger partial charge in [0.25, 0.3) is 0 Å². The maximum Gasteiger partial charge on any atom is 0.165 e. The van der Waals surface area contributed by atoms with E-state index in [1.54, 1.807) is 6.07 Å². The second-order valence-corrected chi connectivity index (χ2v) is 7.33. The second kappa shape index (κ2) is 6.17. The van der Waals surface area contributed by atoms with Crippen molar-refractivity contribution in [2.45, 2.75) is 25.7 Å². The standard InChI is InChI=1S/C16H19BrClNO/c17-13-4-5-14(15(18)8-13)16(20)6-7-19-9-11-2-1-3-12(11)10-19/h4-5,8,11-12H,1-3,6-7,9-10H2. The number of fused-ring (bicyclic) bond motifs is 1. The van der Waals surface area contributed by atoms with E-state index in [-0.39, 0.29) is 5.78 Å². The third-order valence-corrected chi connectivity index (χ3v) is 5.49. The first-order valence-electron chi connectivity index (χ1n) is 7.34. The average Bonchev–Trinajstić information content (AvgIpc) is 2.96. The molecule has 2 nitrogen and oxygen atoms in total. The van der Waals surface area contributed by atoms with Crippen LogP contribution < -0.4 is 0 Å². The summed E-state index contributed by atoms with van der Waals surface area (Å²) in [6, 6.07) is 5.47. The Balaban J connectivity index is 1.54. The molecule has 0 amide bonds. The molecule has 108 valence electrons. The zero-order chi connectivity index (χ0) is 14.1. The minimum Gasteiger partial charge on any atom is -0.302 e. The lowest BCUT2D eigenvalue weighted by Crippen LogP contribution is -2.24. The molecular weight excluding hydrogens is 338 g/mol. The summed E-state index contributed by atoms with van der Waals surface area (Å²) < 4.78 is 0.909. The van der Waals surface area contributed by atoms with Gasteiger partial charge in [0, 0.05) is 36.1 Å². The van der Waals surface area contributed by atoms with Crippen LogP contribution in [0, 0.1) is 11.8 Å². The lowest BCUT2D eigenvalue weighted by Gasteiger charge is -2.16. The number of halogens is 2. The zero-order valence-electron chi connectivity index (χ0n) is 11.4. The highest BCUT2D eigenvalue weighted by molar-refractivity contribution is 9.10. The molecule has 2 fully saturated rings. The van der Waals surface area contributed by atoms with E-state index in [9.17, 15) is 4.79 Å². The van der Waals surface area contributed by atoms with Gasteiger partial charge in [-0.1, -0.05) is 34.0 Å². The maximum absolute atomic E-state index is 12.3. The number of benzene rings is 1. The van der Waals surface area contributed by atoms with Gasteiger partial charge in [-0.3, -0.25) is 4.79 Å². The number of likely N-dealkylation sites (tertiary alicyclic amines) is 1. The highest BCUT2D eigenvalue weighted by atomic mass is 79.9. The van der Waals surface area contributed by atoms with E-state index in [0.29, 0.717) is 17.0 Å². The van der Waals surface area contributed by atoms with E-state index >= 15 is 0 Å². The molecule has 1 aromatic carbocycles. The Morgan fingerprint density at radius 1 is 1.30 bits per heavy atom. The van der Waals surface area contributed by atoms with Gasteiger partial charge in [-0.15, -0.1) is 0 Å². The molecule has 1 aliphatic heterocycles. The quantitative estimate of drug-likeness (QED) is 0.745. The summed E-state index contributed by atoms with van der Waals surface area (Å²) in [6.07, 6.45) is 4.73. The van der Waals surface area contributed by atoms with Crippen molar-refractivity contribution in [1.82, 2.24) is 4.90 Å². The smallest absolute Gasteiger partial charge is 0.165 e. The topological polar surface area (TPSA) is 20.3 Å². The van der Waals surface area contributed by atoms with E-state index in [1.807, 2.05) is 12.1 Å². The van der Waals surface area contributed by atoms with E-state index in [2.05, 4.69) is 20.8 Å². The van der Waals surface area contributed by atoms with Crippen LogP contribution in [0.15, 0.2) is 22.7 Å². The van der Waals surface area contributed by atoms with Gasteiger partial charge in [-0.05, 0) is 42.9 Å². The molecule has 2 aliphatic rings. The van der Waals surface area contributed by atoms with Crippen molar-refractivity contribution in [3.63, 3.8) is 0 Å². The molecular formula is C16H19BrClNO. The maximum atomic E-state index is 12.3. The summed E-state index contributed by atoms with van der Waals surface area (Å²) in [7, 11) is 0. The second-order valence-electron chi connectivity index (χ2n) is 6.01. The molecule has 4 heteroatoms. The lowest BCUT2D eigenvalue weighted by atomic mass is 10.0. The molecule has 0 bridgehead atoms. The van der Waals surface area contributed by atoms with Crippen LogP contribution in [0.4, 0.5) is 0 Å². The Hall–Kier alpha value is -0.380. The van der Waals surface area contributed by atoms with E-state index < -0.39 is 0 Å². The minimum atomic E-state index is 0.152. The molecule has 1 aromatic rings. The number of Topliss-reactive ketones (excluding diaryl/α,β-unsaturated/α-hetero) is 1. The third-order valence-electron chi connectivity index (χ3n) is 4.69.